The Kier molecular flexibility index (Phi) is 3.13. The van der Waals surface area contributed by atoms with E-state index in [1.807, 2.05) is 0 Å². The van der Waals surface area contributed by atoms with E-state index in [0.29, 0.717) is 0 Å². The Morgan fingerprint density at radius 2 is 2.29 bits per heavy atom. The molecule has 0 spiro atoms. The van der Waals surface area contributed by atoms with Crippen molar-refractivity contribution in [2.45, 2.75) is 51.0 Å². The zero-order chi connectivity index (χ0) is 10.0. The molecule has 1 saturated heterocycles. The van der Waals surface area contributed by atoms with Crippen LogP contribution in [0.4, 0.5) is 0 Å². The fourth-order valence-electron chi connectivity index (χ4n) is 3.10. The number of hydrogen-bond acceptors (Lipinski definition) is 2. The maximum Gasteiger partial charge on any atom is 0.0647 e. The van der Waals surface area contributed by atoms with E-state index in [0.717, 1.165) is 31.5 Å². The van der Waals surface area contributed by atoms with Crippen LogP contribution in [0.25, 0.3) is 0 Å². The molecule has 3 atom stereocenters. The molecule has 3 unspecified atom stereocenters. The highest BCUT2D eigenvalue weighted by atomic mass is 16.5. The molecule has 2 rings (SSSR count). The molecule has 82 valence electrons. The lowest BCUT2D eigenvalue weighted by atomic mass is 9.76. The number of hydrogen-bond donors (Lipinski definition) is 1. The summed E-state index contributed by atoms with van der Waals surface area (Å²) in [4.78, 5) is 0. The largest absolute Gasteiger partial charge is 0.379 e. The van der Waals surface area contributed by atoms with Crippen LogP contribution in [0.5, 0.6) is 0 Å². The Hall–Kier alpha value is -0.0800. The van der Waals surface area contributed by atoms with Gasteiger partial charge in [-0.25, -0.2) is 0 Å². The molecule has 2 nitrogen and oxygen atoms in total. The van der Waals surface area contributed by atoms with Gasteiger partial charge in [0.05, 0.1) is 6.61 Å². The smallest absolute Gasteiger partial charge is 0.0647 e. The zero-order valence-corrected chi connectivity index (χ0v) is 9.30. The summed E-state index contributed by atoms with van der Waals surface area (Å²) in [6, 6.07) is 0. The van der Waals surface area contributed by atoms with Crippen LogP contribution in [-0.4, -0.2) is 18.8 Å². The third-order valence-electron chi connectivity index (χ3n) is 3.87. The van der Waals surface area contributed by atoms with Crippen molar-refractivity contribution in [3.05, 3.63) is 0 Å². The van der Waals surface area contributed by atoms with Gasteiger partial charge in [-0.05, 0) is 31.1 Å². The van der Waals surface area contributed by atoms with Crippen molar-refractivity contribution in [1.82, 2.24) is 0 Å². The van der Waals surface area contributed by atoms with Crippen molar-refractivity contribution in [3.63, 3.8) is 0 Å². The van der Waals surface area contributed by atoms with Crippen LogP contribution < -0.4 is 5.73 Å². The van der Waals surface area contributed by atoms with Crippen molar-refractivity contribution in [2.24, 2.45) is 17.6 Å². The maximum atomic E-state index is 6.31. The predicted molar refractivity (Wildman–Crippen MR) is 58.1 cm³/mol. The molecule has 1 heterocycles. The topological polar surface area (TPSA) is 35.2 Å². The fraction of sp³-hybridized carbons (Fsp3) is 1.00. The Morgan fingerprint density at radius 1 is 1.43 bits per heavy atom. The van der Waals surface area contributed by atoms with Crippen LogP contribution in [0.15, 0.2) is 0 Å². The quantitative estimate of drug-likeness (QED) is 0.737. The highest BCUT2D eigenvalue weighted by molar-refractivity contribution is 4.91. The van der Waals surface area contributed by atoms with Gasteiger partial charge in [-0.1, -0.05) is 26.2 Å². The van der Waals surface area contributed by atoms with Gasteiger partial charge in [-0.15, -0.1) is 0 Å². The minimum absolute atomic E-state index is 0.0156. The summed E-state index contributed by atoms with van der Waals surface area (Å²) in [5.41, 5.74) is 6.33. The van der Waals surface area contributed by atoms with Gasteiger partial charge in [-0.2, -0.15) is 0 Å². The average molecular weight is 197 g/mol. The minimum Gasteiger partial charge on any atom is -0.379 e. The molecule has 1 saturated carbocycles. The van der Waals surface area contributed by atoms with Crippen molar-refractivity contribution < 1.29 is 4.74 Å². The van der Waals surface area contributed by atoms with Gasteiger partial charge < -0.3 is 10.5 Å². The van der Waals surface area contributed by atoms with E-state index in [4.69, 9.17) is 10.5 Å². The predicted octanol–water partition coefficient (Wildman–Crippen LogP) is 2.32. The van der Waals surface area contributed by atoms with Crippen molar-refractivity contribution in [2.75, 3.05) is 13.2 Å². The second-order valence-corrected chi connectivity index (χ2v) is 5.51. The maximum absolute atomic E-state index is 6.31. The molecule has 1 aliphatic carbocycles. The fourth-order valence-corrected chi connectivity index (χ4v) is 3.10. The summed E-state index contributed by atoms with van der Waals surface area (Å²) < 4.78 is 5.40. The molecule has 0 bridgehead atoms. The lowest BCUT2D eigenvalue weighted by Gasteiger charge is -2.32. The molecule has 0 aromatic rings. The molecular formula is C12H23NO. The Bertz CT molecular complexity index is 187. The summed E-state index contributed by atoms with van der Waals surface area (Å²) in [6.45, 7) is 4.04. The monoisotopic (exact) mass is 197 g/mol. The second kappa shape index (κ2) is 4.19. The highest BCUT2D eigenvalue weighted by Crippen LogP contribution is 2.35. The van der Waals surface area contributed by atoms with Gasteiger partial charge in [0.15, 0.2) is 0 Å². The molecule has 2 heteroatoms. The van der Waals surface area contributed by atoms with Gasteiger partial charge in [0.2, 0.25) is 0 Å². The lowest BCUT2D eigenvalue weighted by Crippen LogP contribution is -2.42. The van der Waals surface area contributed by atoms with Crippen molar-refractivity contribution in [3.8, 4) is 0 Å². The van der Waals surface area contributed by atoms with Crippen LogP contribution in [-0.2, 0) is 4.74 Å². The molecule has 14 heavy (non-hydrogen) atoms. The zero-order valence-electron chi connectivity index (χ0n) is 9.30. The van der Waals surface area contributed by atoms with Gasteiger partial charge >= 0.3 is 0 Å². The molecular weight excluding hydrogens is 174 g/mol. The summed E-state index contributed by atoms with van der Waals surface area (Å²) in [5, 5.41) is 0. The van der Waals surface area contributed by atoms with Crippen molar-refractivity contribution >= 4 is 0 Å². The molecule has 2 N–H and O–H groups in total. The van der Waals surface area contributed by atoms with E-state index < -0.39 is 0 Å². The van der Waals surface area contributed by atoms with Crippen LogP contribution in [0, 0.1) is 11.8 Å². The molecule has 2 aliphatic rings. The third kappa shape index (κ3) is 2.48. The SMILES string of the molecule is CC1CCCC(CC2(N)CCOC2)C1. The van der Waals surface area contributed by atoms with Gasteiger partial charge in [0, 0.05) is 12.1 Å². The van der Waals surface area contributed by atoms with Crippen molar-refractivity contribution in [1.29, 1.82) is 0 Å². The van der Waals surface area contributed by atoms with Gasteiger partial charge in [0.25, 0.3) is 0 Å². The van der Waals surface area contributed by atoms with Crippen LogP contribution in [0.2, 0.25) is 0 Å². The first kappa shape index (κ1) is 10.4. The Labute approximate surface area is 87.2 Å². The van der Waals surface area contributed by atoms with E-state index in [1.54, 1.807) is 0 Å². The van der Waals surface area contributed by atoms with Gasteiger partial charge in [-0.3, -0.25) is 0 Å². The highest BCUT2D eigenvalue weighted by Gasteiger charge is 2.34. The molecule has 0 radical (unpaired) electrons. The van der Waals surface area contributed by atoms with Crippen LogP contribution in [0.3, 0.4) is 0 Å². The molecule has 0 amide bonds. The summed E-state index contributed by atoms with van der Waals surface area (Å²) in [7, 11) is 0. The Balaban J connectivity index is 1.83. The first-order chi connectivity index (χ1) is 6.68. The van der Waals surface area contributed by atoms with E-state index in [9.17, 15) is 0 Å². The molecule has 0 aromatic heterocycles. The van der Waals surface area contributed by atoms with E-state index in [2.05, 4.69) is 6.92 Å². The molecule has 0 aromatic carbocycles. The average Bonchev–Trinajstić information content (AvgIpc) is 2.51. The van der Waals surface area contributed by atoms with Crippen LogP contribution in [0.1, 0.15) is 45.4 Å². The molecule has 1 aliphatic heterocycles. The number of ether oxygens (including phenoxy) is 1. The molecule has 2 fully saturated rings. The number of nitrogens with two attached hydrogens (primary N) is 1. The standard InChI is InChI=1S/C12H23NO/c1-10-3-2-4-11(7-10)8-12(13)5-6-14-9-12/h10-11H,2-9,13H2,1H3. The normalized spacial score (nSPS) is 44.1. The number of rotatable bonds is 2. The second-order valence-electron chi connectivity index (χ2n) is 5.51. The Morgan fingerprint density at radius 3 is 2.93 bits per heavy atom. The van der Waals surface area contributed by atoms with E-state index in [-0.39, 0.29) is 5.54 Å². The summed E-state index contributed by atoms with van der Waals surface area (Å²) >= 11 is 0. The summed E-state index contributed by atoms with van der Waals surface area (Å²) in [5.74, 6) is 1.78. The summed E-state index contributed by atoms with van der Waals surface area (Å²) in [6.07, 6.45) is 7.87. The third-order valence-corrected chi connectivity index (χ3v) is 3.87. The van der Waals surface area contributed by atoms with E-state index in [1.165, 1.54) is 32.1 Å². The van der Waals surface area contributed by atoms with E-state index >= 15 is 0 Å². The van der Waals surface area contributed by atoms with Gasteiger partial charge in [0.1, 0.15) is 0 Å². The lowest BCUT2D eigenvalue weighted by molar-refractivity contribution is 0.158. The first-order valence-corrected chi connectivity index (χ1v) is 6.05. The van der Waals surface area contributed by atoms with Crippen LogP contribution >= 0.6 is 0 Å². The minimum atomic E-state index is 0.0156. The first-order valence-electron chi connectivity index (χ1n) is 6.05.